The van der Waals surface area contributed by atoms with Gasteiger partial charge in [0.25, 0.3) is 9.05 Å². The van der Waals surface area contributed by atoms with Gasteiger partial charge in [0.2, 0.25) is 0 Å². The van der Waals surface area contributed by atoms with Gasteiger partial charge in [-0.1, -0.05) is 0 Å². The van der Waals surface area contributed by atoms with Crippen LogP contribution in [0.1, 0.15) is 4.28 Å². The number of hydrogen-bond donors (Lipinski definition) is 2. The molecule has 0 unspecified atom stereocenters. The van der Waals surface area contributed by atoms with Gasteiger partial charge in [-0.2, -0.15) is 4.21 Å². The molecule has 0 aromatic rings. The van der Waals surface area contributed by atoms with Crippen LogP contribution in [0.25, 0.3) is 0 Å². The summed E-state index contributed by atoms with van der Waals surface area (Å²) in [6, 6.07) is 0. The summed E-state index contributed by atoms with van der Waals surface area (Å²) in [6.45, 7) is 0. The summed E-state index contributed by atoms with van der Waals surface area (Å²) in [7, 11) is -3.83. The molecule has 8 heavy (non-hydrogen) atoms. The number of rotatable bonds is 0. The predicted octanol–water partition coefficient (Wildman–Crippen LogP) is -8.97. The third-order valence-corrected chi connectivity index (χ3v) is 0. The van der Waals surface area contributed by atoms with Crippen LogP contribution in [0.2, 0.25) is 0 Å². The Morgan fingerprint density at radius 1 is 1.25 bits per heavy atom. The fourth-order valence-corrected chi connectivity index (χ4v) is 0. The Balaban J connectivity index is -0.00000000533. The van der Waals surface area contributed by atoms with Gasteiger partial charge in [-0.05, 0) is 0 Å². The molecule has 0 amide bonds. The molecule has 0 fully saturated rings. The van der Waals surface area contributed by atoms with Crippen LogP contribution in [0.5, 0.6) is 0 Å². The topological polar surface area (TPSA) is 57.5 Å². The van der Waals surface area contributed by atoms with Gasteiger partial charge in [0, 0.05) is 11.2 Å². The zero-order chi connectivity index (χ0) is 4.50. The van der Waals surface area contributed by atoms with Crippen LogP contribution in [-0.2, 0) is 20.2 Å². The minimum absolute atomic E-state index is 0. The Kier molecular flexibility index (Phi) is 28.9. The molecule has 0 aromatic heterocycles. The normalized spacial score (nSPS) is 7.25. The van der Waals surface area contributed by atoms with Gasteiger partial charge in [-0.15, -0.1) is 0 Å². The van der Waals surface area contributed by atoms with Gasteiger partial charge < -0.3 is 4.28 Å². The van der Waals surface area contributed by atoms with Gasteiger partial charge in [-0.25, -0.2) is 0 Å². The fourth-order valence-electron chi connectivity index (χ4n) is 0. The summed E-state index contributed by atoms with van der Waals surface area (Å²) in [5.41, 5.74) is 0. The van der Waals surface area contributed by atoms with E-state index < -0.39 is 9.05 Å². The summed E-state index contributed by atoms with van der Waals surface area (Å²) in [5, 5.41) is 0. The molecule has 0 aliphatic rings. The quantitative estimate of drug-likeness (QED) is 0.369. The maximum atomic E-state index is 9.11. The second-order valence-electron chi connectivity index (χ2n) is 0.448. The molecule has 0 atom stereocenters. The van der Waals surface area contributed by atoms with Crippen molar-refractivity contribution in [3.63, 3.8) is 0 Å². The SMILES string of the molecule is O=S(O)(O)=S.[H-].[H-].[H-].[Na+].[Na+].[Na+]. The molecule has 0 saturated carbocycles. The molecule has 0 spiro atoms. The fraction of sp³-hybridized carbons (Fsp3) is 0. The van der Waals surface area contributed by atoms with Crippen LogP contribution in [0.15, 0.2) is 0 Å². The zero-order valence-corrected chi connectivity index (χ0v) is 12.8. The largest absolute Gasteiger partial charge is 1.00 e. The summed E-state index contributed by atoms with van der Waals surface area (Å²) in [5.74, 6) is 0. The molecule has 0 radical (unpaired) electrons. The van der Waals surface area contributed by atoms with E-state index in [2.05, 4.69) is 11.2 Å². The predicted molar refractivity (Wildman–Crippen MR) is 24.1 cm³/mol. The van der Waals surface area contributed by atoms with E-state index in [1.54, 1.807) is 0 Å². The Labute approximate surface area is 124 Å². The molecule has 0 aliphatic carbocycles. The average Bonchev–Trinajstić information content (AvgIpc) is 0.722. The van der Waals surface area contributed by atoms with Gasteiger partial charge >= 0.3 is 88.7 Å². The zero-order valence-electron chi connectivity index (χ0n) is 8.12. The average molecular weight is 186 g/mol. The molecule has 2 N–H and O–H groups in total. The molecule has 38 valence electrons. The van der Waals surface area contributed by atoms with Crippen molar-refractivity contribution in [2.24, 2.45) is 0 Å². The van der Waals surface area contributed by atoms with E-state index in [-0.39, 0.29) is 93.0 Å². The van der Waals surface area contributed by atoms with E-state index in [4.69, 9.17) is 13.3 Å². The monoisotopic (exact) mass is 186 g/mol. The minimum atomic E-state index is -3.83. The van der Waals surface area contributed by atoms with E-state index in [9.17, 15) is 0 Å². The van der Waals surface area contributed by atoms with Gasteiger partial charge in [0.1, 0.15) is 0 Å². The van der Waals surface area contributed by atoms with Crippen LogP contribution in [0.4, 0.5) is 0 Å². The molecule has 0 saturated heterocycles. The molecule has 8 heteroatoms. The second-order valence-corrected chi connectivity index (χ2v) is 2.65. The first-order valence-electron chi connectivity index (χ1n) is 0.698. The van der Waals surface area contributed by atoms with Crippen LogP contribution in [0.3, 0.4) is 0 Å². The maximum Gasteiger partial charge on any atom is 1.00 e. The maximum absolute atomic E-state index is 9.11. The van der Waals surface area contributed by atoms with Gasteiger partial charge in [-0.3, -0.25) is 9.11 Å². The molecule has 0 bridgehead atoms. The summed E-state index contributed by atoms with van der Waals surface area (Å²) >= 11 is 3.47. The van der Waals surface area contributed by atoms with Gasteiger partial charge in [0.05, 0.1) is 0 Å². The molecule has 3 nitrogen and oxygen atoms in total. The van der Waals surface area contributed by atoms with Crippen molar-refractivity contribution >= 4 is 20.2 Å². The van der Waals surface area contributed by atoms with E-state index in [0.717, 1.165) is 0 Å². The van der Waals surface area contributed by atoms with Crippen molar-refractivity contribution in [1.29, 1.82) is 0 Å². The first kappa shape index (κ1) is 22.5. The van der Waals surface area contributed by atoms with E-state index in [0.29, 0.717) is 0 Å². The van der Waals surface area contributed by atoms with E-state index in [1.165, 1.54) is 0 Å². The molecule has 0 aromatic carbocycles. The third kappa shape index (κ3) is 59.0. The Bertz CT molecular complexity index is 105. The molecular formula is H5Na3O3S2. The smallest absolute Gasteiger partial charge is 1.00 e. The van der Waals surface area contributed by atoms with Gasteiger partial charge in [0.15, 0.2) is 0 Å². The van der Waals surface area contributed by atoms with Crippen molar-refractivity contribution in [3.8, 4) is 0 Å². The Morgan fingerprint density at radius 3 is 1.25 bits per heavy atom. The Hall–Kier alpha value is 3.29. The van der Waals surface area contributed by atoms with Crippen molar-refractivity contribution in [2.75, 3.05) is 0 Å². The number of hydrogen-bond acceptors (Lipinski definition) is 2. The molecular weight excluding hydrogens is 181 g/mol. The first-order valence-corrected chi connectivity index (χ1v) is 3.10. The van der Waals surface area contributed by atoms with Crippen molar-refractivity contribution in [2.45, 2.75) is 0 Å². The van der Waals surface area contributed by atoms with E-state index in [1.807, 2.05) is 0 Å². The van der Waals surface area contributed by atoms with Crippen molar-refractivity contribution in [1.82, 2.24) is 0 Å². The third-order valence-electron chi connectivity index (χ3n) is 0. The van der Waals surface area contributed by atoms with Crippen LogP contribution < -0.4 is 88.7 Å². The molecule has 0 aliphatic heterocycles. The standard InChI is InChI=1S/3Na.H2O3S2.3H/c;;;1-5(2,3)4;;;/h;;;(H2,1,2,3,4);;;/q3*+1;;3*-1. The van der Waals surface area contributed by atoms with E-state index >= 15 is 0 Å². The summed E-state index contributed by atoms with van der Waals surface area (Å²) in [6.07, 6.45) is 0. The summed E-state index contributed by atoms with van der Waals surface area (Å²) in [4.78, 5) is 0. The minimum Gasteiger partial charge on any atom is -1.00 e. The van der Waals surface area contributed by atoms with Crippen LogP contribution in [-0.4, -0.2) is 13.3 Å². The van der Waals surface area contributed by atoms with Crippen molar-refractivity contribution in [3.05, 3.63) is 0 Å². The second kappa shape index (κ2) is 10.3. The summed E-state index contributed by atoms with van der Waals surface area (Å²) < 4.78 is 24.0. The first-order chi connectivity index (χ1) is 2.00. The van der Waals surface area contributed by atoms with Crippen LogP contribution in [0, 0.1) is 0 Å². The molecule has 0 rings (SSSR count). The van der Waals surface area contributed by atoms with Crippen LogP contribution >= 0.6 is 0 Å². The Morgan fingerprint density at radius 2 is 1.25 bits per heavy atom. The molecule has 0 heterocycles. The van der Waals surface area contributed by atoms with Crippen molar-refractivity contribution < 1.29 is 106 Å².